The van der Waals surface area contributed by atoms with Crippen LogP contribution in [-0.4, -0.2) is 62.0 Å². The van der Waals surface area contributed by atoms with E-state index in [1.807, 2.05) is 6.07 Å². The molecule has 1 aliphatic rings. The minimum absolute atomic E-state index is 0.126. The zero-order valence-electron chi connectivity index (χ0n) is 14.1. The van der Waals surface area contributed by atoms with E-state index in [4.69, 9.17) is 0 Å². The van der Waals surface area contributed by atoms with Crippen molar-refractivity contribution in [3.8, 4) is 0 Å². The highest BCUT2D eigenvalue weighted by molar-refractivity contribution is 6.32. The van der Waals surface area contributed by atoms with Gasteiger partial charge in [-0.2, -0.15) is 0 Å². The lowest BCUT2D eigenvalue weighted by molar-refractivity contribution is -0.154. The fraction of sp³-hybridized carbons (Fsp3) is 0.471. The Morgan fingerprint density at radius 3 is 2.50 bits per heavy atom. The Morgan fingerprint density at radius 2 is 1.88 bits per heavy atom. The van der Waals surface area contributed by atoms with Gasteiger partial charge >= 0.3 is 11.9 Å². The minimum Gasteiger partial charge on any atom is -0.459 e. The summed E-state index contributed by atoms with van der Waals surface area (Å²) in [5.41, 5.74) is 2.35. The maximum absolute atomic E-state index is 12.1. The van der Waals surface area contributed by atoms with Crippen LogP contribution in [0.5, 0.6) is 0 Å². The Balaban J connectivity index is 1.78. The molecule has 2 rings (SSSR count). The van der Waals surface area contributed by atoms with E-state index in [0.717, 1.165) is 18.8 Å². The van der Waals surface area contributed by atoms with E-state index in [2.05, 4.69) is 40.1 Å². The fourth-order valence-electron chi connectivity index (χ4n) is 2.58. The predicted octanol–water partition coefficient (Wildman–Crippen LogP) is 0.323. The van der Waals surface area contributed by atoms with Crippen molar-refractivity contribution >= 4 is 23.5 Å². The number of aryl methyl sites for hydroxylation is 1. The first-order valence-electron chi connectivity index (χ1n) is 8.05. The molecule has 0 aromatic heterocycles. The molecule has 1 heterocycles. The largest absolute Gasteiger partial charge is 0.459 e. The van der Waals surface area contributed by atoms with Gasteiger partial charge < -0.3 is 19.9 Å². The van der Waals surface area contributed by atoms with Gasteiger partial charge in [0.15, 0.2) is 0 Å². The number of carbonyl (C=O) groups is 3. The van der Waals surface area contributed by atoms with Crippen LogP contribution in [0.15, 0.2) is 24.3 Å². The Hall–Kier alpha value is -2.57. The van der Waals surface area contributed by atoms with Gasteiger partial charge in [-0.1, -0.05) is 12.1 Å². The number of nitrogens with one attached hydrogen (secondary N) is 1. The molecule has 130 valence electrons. The molecule has 7 nitrogen and oxygen atoms in total. The number of esters is 1. The highest BCUT2D eigenvalue weighted by Crippen LogP contribution is 2.17. The van der Waals surface area contributed by atoms with Gasteiger partial charge in [-0.25, -0.2) is 4.79 Å². The summed E-state index contributed by atoms with van der Waals surface area (Å²) in [6.45, 7) is 6.24. The van der Waals surface area contributed by atoms with E-state index >= 15 is 0 Å². The van der Waals surface area contributed by atoms with Crippen molar-refractivity contribution in [2.24, 2.45) is 0 Å². The van der Waals surface area contributed by atoms with Crippen LogP contribution in [0.25, 0.3) is 0 Å². The molecule has 2 amide bonds. The van der Waals surface area contributed by atoms with Crippen LogP contribution < -0.4 is 10.2 Å². The molecule has 0 atom stereocenters. The molecule has 0 unspecified atom stereocenters. The summed E-state index contributed by atoms with van der Waals surface area (Å²) in [5.74, 6) is -2.05. The Bertz CT molecular complexity index is 610. The van der Waals surface area contributed by atoms with Crippen molar-refractivity contribution in [1.82, 2.24) is 10.2 Å². The van der Waals surface area contributed by atoms with Gasteiger partial charge in [0.05, 0.1) is 13.2 Å². The summed E-state index contributed by atoms with van der Waals surface area (Å²) in [5, 5.41) is 2.30. The van der Waals surface area contributed by atoms with E-state index in [1.54, 1.807) is 11.8 Å². The second kappa shape index (κ2) is 8.33. The third-order valence-corrected chi connectivity index (χ3v) is 3.86. The molecule has 24 heavy (non-hydrogen) atoms. The Kier molecular flexibility index (Phi) is 6.17. The zero-order valence-corrected chi connectivity index (χ0v) is 14.1. The molecule has 0 radical (unpaired) electrons. The SMILES string of the molecule is CCOC(=O)C(=O)NCC(=O)N1CCN(c2cccc(C)c2)CC1. The lowest BCUT2D eigenvalue weighted by Crippen LogP contribution is -2.51. The topological polar surface area (TPSA) is 78.9 Å². The second-order valence-corrected chi connectivity index (χ2v) is 5.61. The van der Waals surface area contributed by atoms with E-state index in [1.165, 1.54) is 5.56 Å². The number of hydrogen-bond acceptors (Lipinski definition) is 5. The molecule has 1 aromatic carbocycles. The van der Waals surface area contributed by atoms with Crippen molar-refractivity contribution in [2.45, 2.75) is 13.8 Å². The summed E-state index contributed by atoms with van der Waals surface area (Å²) >= 11 is 0. The van der Waals surface area contributed by atoms with Crippen LogP contribution in [0, 0.1) is 6.92 Å². The van der Waals surface area contributed by atoms with Crippen molar-refractivity contribution in [1.29, 1.82) is 0 Å². The summed E-state index contributed by atoms with van der Waals surface area (Å²) in [6.07, 6.45) is 0. The molecule has 1 saturated heterocycles. The van der Waals surface area contributed by atoms with Gasteiger partial charge in [-0.15, -0.1) is 0 Å². The summed E-state index contributed by atoms with van der Waals surface area (Å²) in [4.78, 5) is 38.7. The number of ether oxygens (including phenoxy) is 1. The summed E-state index contributed by atoms with van der Waals surface area (Å²) in [7, 11) is 0. The average Bonchev–Trinajstić information content (AvgIpc) is 2.59. The monoisotopic (exact) mass is 333 g/mol. The first-order chi connectivity index (χ1) is 11.5. The van der Waals surface area contributed by atoms with Crippen LogP contribution in [0.2, 0.25) is 0 Å². The third kappa shape index (κ3) is 4.71. The number of piperazine rings is 1. The maximum atomic E-state index is 12.1. The van der Waals surface area contributed by atoms with E-state index in [0.29, 0.717) is 13.1 Å². The van der Waals surface area contributed by atoms with Crippen molar-refractivity contribution in [2.75, 3.05) is 44.2 Å². The molecule has 0 aliphatic carbocycles. The number of benzene rings is 1. The normalized spacial score (nSPS) is 14.2. The number of hydrogen-bond donors (Lipinski definition) is 1. The first kappa shape index (κ1) is 17.8. The van der Waals surface area contributed by atoms with Crippen molar-refractivity contribution in [3.63, 3.8) is 0 Å². The molecular formula is C17H23N3O4. The number of nitrogens with zero attached hydrogens (tertiary/aromatic N) is 2. The first-order valence-corrected chi connectivity index (χ1v) is 8.05. The number of carbonyl (C=O) groups excluding carboxylic acids is 3. The summed E-state index contributed by atoms with van der Waals surface area (Å²) < 4.78 is 4.57. The molecule has 0 spiro atoms. The highest BCUT2D eigenvalue weighted by atomic mass is 16.5. The molecular weight excluding hydrogens is 310 g/mol. The van der Waals surface area contributed by atoms with Crippen LogP contribution in [0.4, 0.5) is 5.69 Å². The molecule has 0 saturated carbocycles. The number of anilines is 1. The minimum atomic E-state index is -0.963. The van der Waals surface area contributed by atoms with Crippen molar-refractivity contribution in [3.05, 3.63) is 29.8 Å². The van der Waals surface area contributed by atoms with E-state index < -0.39 is 11.9 Å². The highest BCUT2D eigenvalue weighted by Gasteiger charge is 2.23. The van der Waals surface area contributed by atoms with Crippen LogP contribution >= 0.6 is 0 Å². The van der Waals surface area contributed by atoms with Gasteiger partial charge in [0.2, 0.25) is 5.91 Å². The second-order valence-electron chi connectivity index (χ2n) is 5.61. The number of amides is 2. The lowest BCUT2D eigenvalue weighted by atomic mass is 10.2. The summed E-state index contributed by atoms with van der Waals surface area (Å²) in [6, 6.07) is 8.25. The smallest absolute Gasteiger partial charge is 0.396 e. The molecule has 7 heteroatoms. The van der Waals surface area contributed by atoms with Gasteiger partial charge in [0, 0.05) is 31.9 Å². The Morgan fingerprint density at radius 1 is 1.17 bits per heavy atom. The van der Waals surface area contributed by atoms with E-state index in [-0.39, 0.29) is 19.1 Å². The van der Waals surface area contributed by atoms with E-state index in [9.17, 15) is 14.4 Å². The van der Waals surface area contributed by atoms with Crippen LogP contribution in [0.3, 0.4) is 0 Å². The molecule has 1 N–H and O–H groups in total. The molecule has 1 aromatic rings. The average molecular weight is 333 g/mol. The van der Waals surface area contributed by atoms with Gasteiger partial charge in [-0.3, -0.25) is 9.59 Å². The molecule has 1 aliphatic heterocycles. The van der Waals surface area contributed by atoms with Gasteiger partial charge in [0.1, 0.15) is 0 Å². The lowest BCUT2D eigenvalue weighted by Gasteiger charge is -2.36. The fourth-order valence-corrected chi connectivity index (χ4v) is 2.58. The van der Waals surface area contributed by atoms with Crippen LogP contribution in [-0.2, 0) is 19.1 Å². The maximum Gasteiger partial charge on any atom is 0.396 e. The Labute approximate surface area is 141 Å². The number of rotatable bonds is 4. The molecule has 1 fully saturated rings. The zero-order chi connectivity index (χ0) is 17.5. The quantitative estimate of drug-likeness (QED) is 0.634. The predicted molar refractivity (Wildman–Crippen MR) is 89.6 cm³/mol. The molecule has 0 bridgehead atoms. The van der Waals surface area contributed by atoms with Crippen LogP contribution in [0.1, 0.15) is 12.5 Å². The standard InChI is InChI=1S/C17H23N3O4/c1-3-24-17(23)16(22)18-12-15(21)20-9-7-19(8-10-20)14-6-4-5-13(2)11-14/h4-6,11H,3,7-10,12H2,1-2H3,(H,18,22). The third-order valence-electron chi connectivity index (χ3n) is 3.86. The van der Waals surface area contributed by atoms with Gasteiger partial charge in [0.25, 0.3) is 0 Å². The van der Waals surface area contributed by atoms with Gasteiger partial charge in [-0.05, 0) is 31.5 Å². The van der Waals surface area contributed by atoms with Crippen molar-refractivity contribution < 1.29 is 19.1 Å².